The van der Waals surface area contributed by atoms with Crippen LogP contribution in [-0.2, 0) is 4.79 Å². The second-order valence-corrected chi connectivity index (χ2v) is 4.43. The van der Waals surface area contributed by atoms with E-state index >= 15 is 0 Å². The first-order valence-corrected chi connectivity index (χ1v) is 5.95. The van der Waals surface area contributed by atoms with Gasteiger partial charge in [-0.2, -0.15) is 30.7 Å². The Morgan fingerprint density at radius 1 is 1.00 bits per heavy atom. The van der Waals surface area contributed by atoms with Gasteiger partial charge in [0.25, 0.3) is 0 Å². The maximum Gasteiger partial charge on any atom is 0.460 e. The molecular weight excluding hydrogens is 351 g/mol. The smallest absolute Gasteiger partial charge is 0.321 e. The molecule has 6 nitrogen and oxygen atoms in total. The maximum absolute atomic E-state index is 13.2. The summed E-state index contributed by atoms with van der Waals surface area (Å²) in [5, 5.41) is 13.7. The van der Waals surface area contributed by atoms with E-state index in [2.05, 4.69) is 20.6 Å². The Labute approximate surface area is 128 Å². The molecule has 0 fully saturated rings. The molecule has 0 aliphatic carbocycles. The fraction of sp³-hybridized carbons (Fsp3) is 0.273. The molecule has 0 saturated heterocycles. The zero-order valence-electron chi connectivity index (χ0n) is 11.2. The van der Waals surface area contributed by atoms with Crippen LogP contribution in [0.1, 0.15) is 0 Å². The van der Waals surface area contributed by atoms with Gasteiger partial charge < -0.3 is 5.32 Å². The minimum Gasteiger partial charge on any atom is -0.321 e. The zero-order valence-corrected chi connectivity index (χ0v) is 11.2. The average Bonchev–Trinajstić information content (AvgIpc) is 3.00. The van der Waals surface area contributed by atoms with Gasteiger partial charge in [-0.05, 0) is 34.7 Å². The molecule has 1 aromatic heterocycles. The van der Waals surface area contributed by atoms with Crippen molar-refractivity contribution in [2.45, 2.75) is 18.0 Å². The van der Waals surface area contributed by atoms with Crippen molar-refractivity contribution < 1.29 is 35.5 Å². The van der Waals surface area contributed by atoms with E-state index in [9.17, 15) is 35.5 Å². The van der Waals surface area contributed by atoms with Crippen molar-refractivity contribution in [1.29, 1.82) is 0 Å². The lowest BCUT2D eigenvalue weighted by Gasteiger charge is -2.27. The molecule has 1 aromatic carbocycles. The second kappa shape index (κ2) is 5.72. The van der Waals surface area contributed by atoms with Gasteiger partial charge in [-0.3, -0.25) is 4.79 Å². The molecule has 0 aliphatic heterocycles. The van der Waals surface area contributed by atoms with E-state index in [1.54, 1.807) is 0 Å². The zero-order chi connectivity index (χ0) is 18.2. The Hall–Kier alpha value is -2.73. The Kier molecular flexibility index (Phi) is 4.20. The molecule has 0 bridgehead atoms. The Morgan fingerprint density at radius 3 is 2.04 bits per heavy atom. The summed E-state index contributed by atoms with van der Waals surface area (Å²) in [6, 6.07) is 4.44. The van der Waals surface area contributed by atoms with Gasteiger partial charge in [-0.15, -0.1) is 5.10 Å². The summed E-state index contributed by atoms with van der Waals surface area (Å²) in [6.07, 6.45) is -6.59. The predicted molar refractivity (Wildman–Crippen MR) is 64.2 cm³/mol. The summed E-state index contributed by atoms with van der Waals surface area (Å²) in [5.74, 6) is -15.1. The Bertz CT molecular complexity index is 711. The number of aromatic nitrogens is 4. The topological polar surface area (TPSA) is 83.6 Å². The number of nitrogens with zero attached hydrogens (tertiary/aromatic N) is 3. The van der Waals surface area contributed by atoms with Crippen molar-refractivity contribution >= 4 is 11.6 Å². The number of hydrogen-bond acceptors (Lipinski definition) is 4. The average molecular weight is 357 g/mol. The molecule has 1 heterocycles. The van der Waals surface area contributed by atoms with Crippen molar-refractivity contribution in [2.75, 3.05) is 5.32 Å². The molecule has 24 heavy (non-hydrogen) atoms. The van der Waals surface area contributed by atoms with Gasteiger partial charge in [0, 0.05) is 11.3 Å². The van der Waals surface area contributed by atoms with Crippen molar-refractivity contribution in [2.24, 2.45) is 0 Å². The molecule has 0 spiro atoms. The fourth-order valence-corrected chi connectivity index (χ4v) is 1.52. The highest BCUT2D eigenvalue weighted by Crippen LogP contribution is 2.46. The molecule has 130 valence electrons. The molecule has 2 N–H and O–H groups in total. The number of halogens is 7. The van der Waals surface area contributed by atoms with Gasteiger partial charge in [0.15, 0.2) is 5.82 Å². The van der Waals surface area contributed by atoms with E-state index in [0.717, 1.165) is 12.1 Å². The third-order valence-corrected chi connectivity index (χ3v) is 2.80. The number of nitrogens with one attached hydrogen (secondary N) is 2. The monoisotopic (exact) mass is 357 g/mol. The minimum absolute atomic E-state index is 0.182. The number of aromatic amines is 1. The SMILES string of the molecule is O=C(Nc1ccc(-c2nnn[nH]2)cc1)C(F)(F)C(F)(F)C(F)(F)F. The van der Waals surface area contributed by atoms with Crippen LogP contribution in [0.15, 0.2) is 24.3 Å². The van der Waals surface area contributed by atoms with Crippen molar-refractivity contribution in [1.82, 2.24) is 20.6 Å². The van der Waals surface area contributed by atoms with E-state index in [4.69, 9.17) is 0 Å². The molecule has 0 saturated carbocycles. The Morgan fingerprint density at radius 2 is 1.58 bits per heavy atom. The summed E-state index contributed by atoms with van der Waals surface area (Å²) in [7, 11) is 0. The van der Waals surface area contributed by atoms with Crippen LogP contribution in [0.25, 0.3) is 11.4 Å². The first-order chi connectivity index (χ1) is 11.0. The van der Waals surface area contributed by atoms with E-state index < -0.39 is 29.6 Å². The van der Waals surface area contributed by atoms with Crippen LogP contribution in [0, 0.1) is 0 Å². The lowest BCUT2D eigenvalue weighted by atomic mass is 10.1. The number of H-pyrrole nitrogens is 1. The van der Waals surface area contributed by atoms with Crippen molar-refractivity contribution in [3.63, 3.8) is 0 Å². The summed E-state index contributed by atoms with van der Waals surface area (Å²) < 4.78 is 87.8. The maximum atomic E-state index is 13.2. The van der Waals surface area contributed by atoms with Gasteiger partial charge in [0.05, 0.1) is 0 Å². The van der Waals surface area contributed by atoms with Gasteiger partial charge in [0.1, 0.15) is 0 Å². The fourth-order valence-electron chi connectivity index (χ4n) is 1.52. The molecule has 0 radical (unpaired) electrons. The lowest BCUT2D eigenvalue weighted by molar-refractivity contribution is -0.343. The standard InChI is InChI=1S/C11H6F7N5O/c12-9(13,10(14,15)11(16,17)18)8(24)19-6-3-1-5(2-4-6)7-20-22-23-21-7/h1-4H,(H,19,24)(H,20,21,22,23). The summed E-state index contributed by atoms with van der Waals surface area (Å²) in [6.45, 7) is 0. The third kappa shape index (κ3) is 3.00. The molecule has 2 aromatic rings. The van der Waals surface area contributed by atoms with Crippen molar-refractivity contribution in [3.05, 3.63) is 24.3 Å². The number of amides is 1. The number of rotatable bonds is 4. The highest BCUT2D eigenvalue weighted by atomic mass is 19.4. The van der Waals surface area contributed by atoms with Crippen LogP contribution in [0.5, 0.6) is 0 Å². The summed E-state index contributed by atoms with van der Waals surface area (Å²) in [5.41, 5.74) is -0.0701. The van der Waals surface area contributed by atoms with Gasteiger partial charge in [0.2, 0.25) is 0 Å². The molecule has 13 heteroatoms. The molecule has 0 aliphatic rings. The first kappa shape index (κ1) is 17.6. The van der Waals surface area contributed by atoms with E-state index in [-0.39, 0.29) is 5.82 Å². The first-order valence-electron chi connectivity index (χ1n) is 5.95. The molecule has 2 rings (SSSR count). The van der Waals surface area contributed by atoms with Crippen molar-refractivity contribution in [3.8, 4) is 11.4 Å². The number of benzene rings is 1. The molecule has 0 unspecified atom stereocenters. The number of carbonyl (C=O) groups excluding carboxylic acids is 1. The molecular formula is C11H6F7N5O. The highest BCUT2D eigenvalue weighted by molar-refractivity contribution is 5.97. The normalized spacial score (nSPS) is 13.0. The number of carbonyl (C=O) groups is 1. The van der Waals surface area contributed by atoms with E-state index in [1.807, 2.05) is 0 Å². The van der Waals surface area contributed by atoms with E-state index in [1.165, 1.54) is 17.4 Å². The quantitative estimate of drug-likeness (QED) is 0.824. The third-order valence-electron chi connectivity index (χ3n) is 2.80. The largest absolute Gasteiger partial charge is 0.460 e. The lowest BCUT2D eigenvalue weighted by Crippen LogP contribution is -2.57. The summed E-state index contributed by atoms with van der Waals surface area (Å²) in [4.78, 5) is 11.2. The van der Waals surface area contributed by atoms with Crippen LogP contribution in [-0.4, -0.2) is 44.6 Å². The highest BCUT2D eigenvalue weighted by Gasteiger charge is 2.76. The van der Waals surface area contributed by atoms with Crippen LogP contribution >= 0.6 is 0 Å². The number of hydrogen-bond donors (Lipinski definition) is 2. The summed E-state index contributed by atoms with van der Waals surface area (Å²) >= 11 is 0. The van der Waals surface area contributed by atoms with Gasteiger partial charge in [-0.1, -0.05) is 0 Å². The second-order valence-electron chi connectivity index (χ2n) is 4.43. The van der Waals surface area contributed by atoms with Gasteiger partial charge in [-0.25, -0.2) is 5.10 Å². The molecule has 1 amide bonds. The minimum atomic E-state index is -6.59. The molecule has 0 atom stereocenters. The van der Waals surface area contributed by atoms with E-state index in [0.29, 0.717) is 5.56 Å². The van der Waals surface area contributed by atoms with Crippen LogP contribution in [0.2, 0.25) is 0 Å². The van der Waals surface area contributed by atoms with Crippen LogP contribution in [0.4, 0.5) is 36.4 Å². The van der Waals surface area contributed by atoms with Crippen LogP contribution in [0.3, 0.4) is 0 Å². The number of alkyl halides is 7. The van der Waals surface area contributed by atoms with Gasteiger partial charge >= 0.3 is 23.9 Å². The van der Waals surface area contributed by atoms with Crippen LogP contribution < -0.4 is 5.32 Å². The Balaban J connectivity index is 2.17. The number of anilines is 1. The number of tetrazole rings is 1. The predicted octanol–water partition coefficient (Wildman–Crippen LogP) is 2.64.